The van der Waals surface area contributed by atoms with Crippen molar-refractivity contribution in [3.63, 3.8) is 0 Å². The molecule has 27 heavy (non-hydrogen) atoms. The monoisotopic (exact) mass is 375 g/mol. The van der Waals surface area contributed by atoms with Crippen molar-refractivity contribution in [2.75, 3.05) is 26.8 Å². The topological polar surface area (TPSA) is 63.5 Å². The van der Waals surface area contributed by atoms with Crippen molar-refractivity contribution in [1.29, 1.82) is 0 Å². The summed E-state index contributed by atoms with van der Waals surface area (Å²) in [6.07, 6.45) is 0.601. The molecule has 0 spiro atoms. The number of hydrogen-bond acceptors (Lipinski definition) is 3. The van der Waals surface area contributed by atoms with Gasteiger partial charge in [-0.3, -0.25) is 4.68 Å². The predicted molar refractivity (Wildman–Crippen MR) is 106 cm³/mol. The summed E-state index contributed by atoms with van der Waals surface area (Å²) in [4.78, 5) is 4.67. The first-order valence-electron chi connectivity index (χ1n) is 9.34. The quantitative estimate of drug-likeness (QED) is 0.522. The largest absolute Gasteiger partial charge is 0.383 e. The number of halogens is 1. The molecular formula is C20H30FN5O. The number of aromatic nitrogens is 2. The molecule has 0 aliphatic carbocycles. The molecule has 2 rings (SSSR count). The summed E-state index contributed by atoms with van der Waals surface area (Å²) >= 11 is 0. The maximum absolute atomic E-state index is 13.7. The van der Waals surface area contributed by atoms with E-state index in [2.05, 4.69) is 27.6 Å². The lowest BCUT2D eigenvalue weighted by molar-refractivity contribution is 0.182. The second-order valence-corrected chi connectivity index (χ2v) is 6.33. The first kappa shape index (κ1) is 20.9. The lowest BCUT2D eigenvalue weighted by Gasteiger charge is -2.12. The van der Waals surface area contributed by atoms with E-state index in [4.69, 9.17) is 4.74 Å². The summed E-state index contributed by atoms with van der Waals surface area (Å²) in [6.45, 7) is 9.35. The van der Waals surface area contributed by atoms with Gasteiger partial charge in [0.05, 0.1) is 25.4 Å². The third-order valence-electron chi connectivity index (χ3n) is 4.42. The minimum absolute atomic E-state index is 0.170. The van der Waals surface area contributed by atoms with Gasteiger partial charge in [0.15, 0.2) is 5.96 Å². The molecule has 1 aromatic heterocycles. The predicted octanol–water partition coefficient (Wildman–Crippen LogP) is 2.58. The van der Waals surface area contributed by atoms with Gasteiger partial charge in [-0.1, -0.05) is 18.2 Å². The van der Waals surface area contributed by atoms with Gasteiger partial charge in [0, 0.05) is 31.5 Å². The van der Waals surface area contributed by atoms with Crippen LogP contribution in [0.1, 0.15) is 29.4 Å². The maximum Gasteiger partial charge on any atom is 0.191 e. The Morgan fingerprint density at radius 2 is 2.04 bits per heavy atom. The van der Waals surface area contributed by atoms with Gasteiger partial charge in [0.2, 0.25) is 0 Å². The summed E-state index contributed by atoms with van der Waals surface area (Å²) < 4.78 is 20.8. The Labute approximate surface area is 160 Å². The molecule has 0 amide bonds. The molecule has 1 aromatic carbocycles. The fraction of sp³-hybridized carbons (Fsp3) is 0.500. The Bertz CT molecular complexity index is 757. The molecule has 2 aromatic rings. The van der Waals surface area contributed by atoms with Crippen molar-refractivity contribution >= 4 is 5.96 Å². The van der Waals surface area contributed by atoms with Crippen molar-refractivity contribution in [1.82, 2.24) is 20.4 Å². The number of methoxy groups -OCH3 is 1. The van der Waals surface area contributed by atoms with Crippen LogP contribution in [0.5, 0.6) is 0 Å². The SMILES string of the molecule is CCNC(=NCc1c(C)nn(CCOC)c1C)NCCc1ccccc1F. The van der Waals surface area contributed by atoms with E-state index in [1.54, 1.807) is 13.2 Å². The number of guanidine groups is 1. The molecule has 0 saturated carbocycles. The van der Waals surface area contributed by atoms with Crippen LogP contribution in [0.3, 0.4) is 0 Å². The van der Waals surface area contributed by atoms with Gasteiger partial charge >= 0.3 is 0 Å². The van der Waals surface area contributed by atoms with Gasteiger partial charge in [-0.25, -0.2) is 9.38 Å². The van der Waals surface area contributed by atoms with Gasteiger partial charge in [-0.15, -0.1) is 0 Å². The second-order valence-electron chi connectivity index (χ2n) is 6.33. The Hall–Kier alpha value is -2.41. The lowest BCUT2D eigenvalue weighted by atomic mass is 10.1. The van der Waals surface area contributed by atoms with Gasteiger partial charge < -0.3 is 15.4 Å². The van der Waals surface area contributed by atoms with E-state index >= 15 is 0 Å². The van der Waals surface area contributed by atoms with Crippen molar-refractivity contribution in [2.45, 2.75) is 40.3 Å². The van der Waals surface area contributed by atoms with Gasteiger partial charge in [-0.2, -0.15) is 5.10 Å². The molecule has 6 nitrogen and oxygen atoms in total. The minimum atomic E-state index is -0.170. The molecule has 0 radical (unpaired) electrons. The van der Waals surface area contributed by atoms with Crippen LogP contribution in [0.15, 0.2) is 29.3 Å². The van der Waals surface area contributed by atoms with Crippen LogP contribution in [0.4, 0.5) is 4.39 Å². The zero-order valence-electron chi connectivity index (χ0n) is 16.7. The summed E-state index contributed by atoms with van der Waals surface area (Å²) in [5, 5.41) is 11.1. The summed E-state index contributed by atoms with van der Waals surface area (Å²) in [5.74, 6) is 0.549. The van der Waals surface area contributed by atoms with Crippen molar-refractivity contribution in [3.8, 4) is 0 Å². The molecule has 1 heterocycles. The molecule has 0 aliphatic rings. The molecule has 0 fully saturated rings. The zero-order chi connectivity index (χ0) is 19.6. The molecule has 0 unspecified atom stereocenters. The highest BCUT2D eigenvalue weighted by Crippen LogP contribution is 2.14. The third kappa shape index (κ3) is 6.06. The van der Waals surface area contributed by atoms with Crippen molar-refractivity contribution in [2.24, 2.45) is 4.99 Å². The Kier molecular flexibility index (Phi) is 8.26. The number of benzene rings is 1. The zero-order valence-corrected chi connectivity index (χ0v) is 16.7. The van der Waals surface area contributed by atoms with Crippen molar-refractivity contribution < 1.29 is 9.13 Å². The number of aryl methyl sites for hydroxylation is 1. The fourth-order valence-electron chi connectivity index (χ4n) is 2.87. The lowest BCUT2D eigenvalue weighted by Crippen LogP contribution is -2.38. The molecule has 0 atom stereocenters. The Morgan fingerprint density at radius 3 is 2.74 bits per heavy atom. The highest BCUT2D eigenvalue weighted by atomic mass is 19.1. The highest BCUT2D eigenvalue weighted by Gasteiger charge is 2.11. The van der Waals surface area contributed by atoms with Crippen LogP contribution in [0.2, 0.25) is 0 Å². The van der Waals surface area contributed by atoms with E-state index in [1.165, 1.54) is 6.07 Å². The van der Waals surface area contributed by atoms with Crippen LogP contribution in [0.25, 0.3) is 0 Å². The number of ether oxygens (including phenoxy) is 1. The maximum atomic E-state index is 13.7. The molecule has 7 heteroatoms. The fourth-order valence-corrected chi connectivity index (χ4v) is 2.87. The van der Waals surface area contributed by atoms with E-state index in [-0.39, 0.29) is 5.82 Å². The number of rotatable bonds is 9. The van der Waals surface area contributed by atoms with Crippen LogP contribution < -0.4 is 10.6 Å². The van der Waals surface area contributed by atoms with E-state index in [1.807, 2.05) is 30.7 Å². The average molecular weight is 375 g/mol. The van der Waals surface area contributed by atoms with Crippen LogP contribution in [-0.4, -0.2) is 42.5 Å². The normalized spacial score (nSPS) is 11.7. The van der Waals surface area contributed by atoms with E-state index in [9.17, 15) is 4.39 Å². The second kappa shape index (κ2) is 10.7. The van der Waals surface area contributed by atoms with Gasteiger partial charge in [0.25, 0.3) is 0 Å². The molecular weight excluding hydrogens is 345 g/mol. The summed E-state index contributed by atoms with van der Waals surface area (Å²) in [5.41, 5.74) is 3.91. The average Bonchev–Trinajstić information content (AvgIpc) is 2.92. The summed E-state index contributed by atoms with van der Waals surface area (Å²) in [6, 6.07) is 6.85. The van der Waals surface area contributed by atoms with E-state index in [0.29, 0.717) is 31.7 Å². The van der Waals surface area contributed by atoms with E-state index < -0.39 is 0 Å². The molecule has 0 aliphatic heterocycles. The smallest absolute Gasteiger partial charge is 0.191 e. The van der Waals surface area contributed by atoms with Crippen LogP contribution in [0, 0.1) is 19.7 Å². The van der Waals surface area contributed by atoms with Crippen LogP contribution >= 0.6 is 0 Å². The van der Waals surface area contributed by atoms with Crippen molar-refractivity contribution in [3.05, 3.63) is 52.6 Å². The molecule has 0 saturated heterocycles. The third-order valence-corrected chi connectivity index (χ3v) is 4.42. The number of hydrogen-bond donors (Lipinski definition) is 2. The molecule has 0 bridgehead atoms. The minimum Gasteiger partial charge on any atom is -0.383 e. The molecule has 2 N–H and O–H groups in total. The van der Waals surface area contributed by atoms with Gasteiger partial charge in [-0.05, 0) is 38.8 Å². The van der Waals surface area contributed by atoms with Crippen LogP contribution in [-0.2, 0) is 24.2 Å². The summed E-state index contributed by atoms with van der Waals surface area (Å²) in [7, 11) is 1.69. The first-order valence-corrected chi connectivity index (χ1v) is 9.34. The number of aliphatic imine (C=N–C) groups is 1. The Morgan fingerprint density at radius 1 is 1.26 bits per heavy atom. The number of nitrogens with one attached hydrogen (secondary N) is 2. The molecule has 148 valence electrons. The highest BCUT2D eigenvalue weighted by molar-refractivity contribution is 5.79. The number of nitrogens with zero attached hydrogens (tertiary/aromatic N) is 3. The standard InChI is InChI=1S/C20H30FN5O/c1-5-22-20(23-11-10-17-8-6-7-9-19(17)21)24-14-18-15(2)25-26(16(18)3)12-13-27-4/h6-9H,5,10-14H2,1-4H3,(H2,22,23,24). The van der Waals surface area contributed by atoms with Gasteiger partial charge in [0.1, 0.15) is 5.82 Å². The first-order chi connectivity index (χ1) is 13.1. The Balaban J connectivity index is 1.98. The van der Waals surface area contributed by atoms with E-state index in [0.717, 1.165) is 36.0 Å².